The summed E-state index contributed by atoms with van der Waals surface area (Å²) in [6.07, 6.45) is 1.19. The average Bonchev–Trinajstić information content (AvgIpc) is 3.17. The lowest BCUT2D eigenvalue weighted by atomic mass is 10.1. The molecule has 0 radical (unpaired) electrons. The van der Waals surface area contributed by atoms with Crippen molar-refractivity contribution < 1.29 is 22.4 Å². The highest BCUT2D eigenvalue weighted by atomic mass is 32.2. The van der Waals surface area contributed by atoms with Crippen LogP contribution in [0.2, 0.25) is 0 Å². The molecule has 0 aliphatic heterocycles. The number of amides is 1. The summed E-state index contributed by atoms with van der Waals surface area (Å²) in [6.45, 7) is 3.68. The number of hydrogen-bond donors (Lipinski definition) is 1. The van der Waals surface area contributed by atoms with Crippen molar-refractivity contribution >= 4 is 43.6 Å². The SMILES string of the molecule is CCN(CC)S(=O)(=O)c1ccc(=O)n(CC(=O)Nc2cc3oc4ccccc4c3cc2OC)c1. The van der Waals surface area contributed by atoms with E-state index >= 15 is 0 Å². The Balaban J connectivity index is 1.63. The van der Waals surface area contributed by atoms with Crippen molar-refractivity contribution in [3.05, 3.63) is 65.1 Å². The maximum atomic E-state index is 12.8. The summed E-state index contributed by atoms with van der Waals surface area (Å²) < 4.78 is 39.3. The van der Waals surface area contributed by atoms with Crippen LogP contribution in [0.3, 0.4) is 0 Å². The number of hydrogen-bond acceptors (Lipinski definition) is 6. The van der Waals surface area contributed by atoms with Gasteiger partial charge in [0, 0.05) is 42.2 Å². The van der Waals surface area contributed by atoms with Crippen molar-refractivity contribution in [1.82, 2.24) is 8.87 Å². The normalized spacial score (nSPS) is 11.9. The number of anilines is 1. The van der Waals surface area contributed by atoms with E-state index in [1.54, 1.807) is 26.0 Å². The average molecular weight is 484 g/mol. The molecular weight excluding hydrogens is 458 g/mol. The van der Waals surface area contributed by atoms with Gasteiger partial charge in [0.05, 0.1) is 17.7 Å². The van der Waals surface area contributed by atoms with Crippen LogP contribution < -0.4 is 15.6 Å². The van der Waals surface area contributed by atoms with Crippen LogP contribution in [-0.4, -0.2) is 43.4 Å². The summed E-state index contributed by atoms with van der Waals surface area (Å²) in [5.41, 5.74) is 1.16. The number of nitrogens with zero attached hydrogens (tertiary/aromatic N) is 2. The first-order chi connectivity index (χ1) is 16.3. The molecular formula is C24H25N3O6S. The van der Waals surface area contributed by atoms with Crippen LogP contribution in [0.4, 0.5) is 5.69 Å². The van der Waals surface area contributed by atoms with Gasteiger partial charge >= 0.3 is 0 Å². The molecule has 0 bridgehead atoms. The lowest BCUT2D eigenvalue weighted by Crippen LogP contribution is -2.33. The van der Waals surface area contributed by atoms with E-state index in [0.717, 1.165) is 21.4 Å². The summed E-state index contributed by atoms with van der Waals surface area (Å²) in [5, 5.41) is 4.50. The van der Waals surface area contributed by atoms with Gasteiger partial charge in [-0.2, -0.15) is 4.31 Å². The van der Waals surface area contributed by atoms with E-state index in [-0.39, 0.29) is 11.4 Å². The van der Waals surface area contributed by atoms with Crippen molar-refractivity contribution in [2.75, 3.05) is 25.5 Å². The lowest BCUT2D eigenvalue weighted by Gasteiger charge is -2.19. The minimum absolute atomic E-state index is 0.0510. The molecule has 0 fully saturated rings. The molecule has 4 aromatic rings. The van der Waals surface area contributed by atoms with Crippen LogP contribution in [0.15, 0.2) is 68.8 Å². The van der Waals surface area contributed by atoms with Crippen molar-refractivity contribution in [3.63, 3.8) is 0 Å². The van der Waals surface area contributed by atoms with E-state index in [1.165, 1.54) is 23.7 Å². The van der Waals surface area contributed by atoms with Crippen molar-refractivity contribution in [2.24, 2.45) is 0 Å². The molecule has 0 atom stereocenters. The van der Waals surface area contributed by atoms with Crippen LogP contribution in [0.1, 0.15) is 13.8 Å². The largest absolute Gasteiger partial charge is 0.495 e. The van der Waals surface area contributed by atoms with E-state index < -0.39 is 21.5 Å². The summed E-state index contributed by atoms with van der Waals surface area (Å²) in [4.78, 5) is 25.1. The summed E-state index contributed by atoms with van der Waals surface area (Å²) in [6, 6.07) is 13.4. The minimum atomic E-state index is -3.77. The molecule has 10 heteroatoms. The van der Waals surface area contributed by atoms with Gasteiger partial charge in [0.25, 0.3) is 5.56 Å². The molecule has 0 spiro atoms. The number of methoxy groups -OCH3 is 1. The number of nitrogens with one attached hydrogen (secondary N) is 1. The van der Waals surface area contributed by atoms with E-state index in [9.17, 15) is 18.0 Å². The smallest absolute Gasteiger partial charge is 0.251 e. The number of furan rings is 1. The third kappa shape index (κ3) is 4.29. The van der Waals surface area contributed by atoms with Crippen molar-refractivity contribution in [1.29, 1.82) is 0 Å². The highest BCUT2D eigenvalue weighted by Crippen LogP contribution is 2.36. The maximum Gasteiger partial charge on any atom is 0.251 e. The number of rotatable bonds is 8. The third-order valence-electron chi connectivity index (χ3n) is 5.59. The molecule has 1 amide bonds. The molecule has 34 heavy (non-hydrogen) atoms. The fourth-order valence-corrected chi connectivity index (χ4v) is 5.34. The predicted octanol–water partition coefficient (Wildman–Crippen LogP) is 3.43. The Labute approximate surface area is 196 Å². The predicted molar refractivity (Wildman–Crippen MR) is 130 cm³/mol. The summed E-state index contributed by atoms with van der Waals surface area (Å²) in [7, 11) is -2.28. The second kappa shape index (κ2) is 9.32. The van der Waals surface area contributed by atoms with Crippen LogP contribution in [0.5, 0.6) is 5.75 Å². The van der Waals surface area contributed by atoms with Gasteiger partial charge in [-0.05, 0) is 18.2 Å². The molecule has 2 heterocycles. The molecule has 9 nitrogen and oxygen atoms in total. The Kier molecular flexibility index (Phi) is 6.45. The number of sulfonamides is 1. The van der Waals surface area contributed by atoms with Gasteiger partial charge in [-0.3, -0.25) is 9.59 Å². The van der Waals surface area contributed by atoms with Crippen LogP contribution in [0, 0.1) is 0 Å². The number of benzene rings is 2. The maximum absolute atomic E-state index is 12.8. The van der Waals surface area contributed by atoms with Gasteiger partial charge in [0.2, 0.25) is 15.9 Å². The number of para-hydroxylation sites is 1. The Morgan fingerprint density at radius 3 is 2.50 bits per heavy atom. The standard InChI is InChI=1S/C24H25N3O6S/c1-4-27(5-2)34(30,31)16-10-11-24(29)26(14-16)15-23(28)25-19-13-21-18(12-22(19)32-3)17-8-6-7-9-20(17)33-21/h6-14H,4-5,15H2,1-3H3,(H,25,28). The first-order valence-electron chi connectivity index (χ1n) is 10.8. The van der Waals surface area contributed by atoms with E-state index in [4.69, 9.17) is 9.15 Å². The molecule has 0 saturated heterocycles. The molecule has 2 aromatic carbocycles. The second-order valence-electron chi connectivity index (χ2n) is 7.62. The molecule has 2 aromatic heterocycles. The van der Waals surface area contributed by atoms with Gasteiger partial charge in [0.1, 0.15) is 23.5 Å². The zero-order chi connectivity index (χ0) is 24.5. The van der Waals surface area contributed by atoms with Crippen LogP contribution in [-0.2, 0) is 21.4 Å². The van der Waals surface area contributed by atoms with Gasteiger partial charge in [-0.15, -0.1) is 0 Å². The molecule has 0 aliphatic carbocycles. The third-order valence-corrected chi connectivity index (χ3v) is 7.62. The van der Waals surface area contributed by atoms with Gasteiger partial charge in [-0.1, -0.05) is 32.0 Å². The highest BCUT2D eigenvalue weighted by Gasteiger charge is 2.23. The first kappa shape index (κ1) is 23.5. The summed E-state index contributed by atoms with van der Waals surface area (Å²) in [5.74, 6) is -0.0918. The van der Waals surface area contributed by atoms with Crippen molar-refractivity contribution in [3.8, 4) is 5.75 Å². The van der Waals surface area contributed by atoms with Gasteiger partial charge in [-0.25, -0.2) is 8.42 Å². The van der Waals surface area contributed by atoms with Crippen molar-refractivity contribution in [2.45, 2.75) is 25.3 Å². The topological polar surface area (TPSA) is 111 Å². The van der Waals surface area contributed by atoms with E-state index in [2.05, 4.69) is 5.32 Å². The number of pyridine rings is 1. The number of carbonyl (C=O) groups is 1. The van der Waals surface area contributed by atoms with Crippen LogP contribution >= 0.6 is 0 Å². The second-order valence-corrected chi connectivity index (χ2v) is 9.55. The Morgan fingerprint density at radius 2 is 1.79 bits per heavy atom. The lowest BCUT2D eigenvalue weighted by molar-refractivity contribution is -0.116. The first-order valence-corrected chi connectivity index (χ1v) is 12.2. The summed E-state index contributed by atoms with van der Waals surface area (Å²) >= 11 is 0. The zero-order valence-corrected chi connectivity index (χ0v) is 19.9. The van der Waals surface area contributed by atoms with Gasteiger partial charge in [0.15, 0.2) is 0 Å². The number of fused-ring (bicyclic) bond motifs is 3. The number of carbonyl (C=O) groups excluding carboxylic acids is 1. The van der Waals surface area contributed by atoms with Crippen LogP contribution in [0.25, 0.3) is 21.9 Å². The highest BCUT2D eigenvalue weighted by molar-refractivity contribution is 7.89. The van der Waals surface area contributed by atoms with E-state index in [0.29, 0.717) is 35.7 Å². The Hall–Kier alpha value is -3.63. The molecule has 0 unspecified atom stereocenters. The van der Waals surface area contributed by atoms with E-state index in [1.807, 2.05) is 24.3 Å². The molecule has 1 N–H and O–H groups in total. The monoisotopic (exact) mass is 483 g/mol. The minimum Gasteiger partial charge on any atom is -0.495 e. The zero-order valence-electron chi connectivity index (χ0n) is 19.1. The number of ether oxygens (including phenoxy) is 1. The number of aromatic nitrogens is 1. The van der Waals surface area contributed by atoms with Gasteiger partial charge < -0.3 is 19.0 Å². The fourth-order valence-electron chi connectivity index (χ4n) is 3.86. The molecule has 4 rings (SSSR count). The fraction of sp³-hybridized carbons (Fsp3) is 0.250. The molecule has 0 aliphatic rings. The quantitative estimate of drug-likeness (QED) is 0.411. The molecule has 178 valence electrons. The molecule has 0 saturated carbocycles. The Morgan fingerprint density at radius 1 is 1.06 bits per heavy atom. The Bertz CT molecular complexity index is 1530.